The van der Waals surface area contributed by atoms with Crippen molar-refractivity contribution in [1.82, 2.24) is 15.0 Å². The molecule has 6 nitrogen and oxygen atoms in total. The molecule has 22 heavy (non-hydrogen) atoms. The molecule has 0 spiro atoms. The SMILES string of the molecule is COC[C@@H]1CN(C(=O)c2cnoc2C)C[C@H]1c1ccccn1. The highest BCUT2D eigenvalue weighted by molar-refractivity contribution is 5.95. The predicted molar refractivity (Wildman–Crippen MR) is 79.5 cm³/mol. The fraction of sp³-hybridized carbons (Fsp3) is 0.438. The molecule has 0 aromatic carbocycles. The number of ether oxygens (including phenoxy) is 1. The molecule has 6 heteroatoms. The van der Waals surface area contributed by atoms with Crippen LogP contribution >= 0.6 is 0 Å². The number of methoxy groups -OCH3 is 1. The number of hydrogen-bond donors (Lipinski definition) is 0. The van der Waals surface area contributed by atoms with E-state index in [-0.39, 0.29) is 17.7 Å². The topological polar surface area (TPSA) is 68.5 Å². The van der Waals surface area contributed by atoms with Crippen molar-refractivity contribution in [3.8, 4) is 0 Å². The third-order valence-corrected chi connectivity index (χ3v) is 4.16. The van der Waals surface area contributed by atoms with E-state index in [0.29, 0.717) is 31.0 Å². The van der Waals surface area contributed by atoms with E-state index in [1.807, 2.05) is 23.1 Å². The molecule has 2 aromatic rings. The van der Waals surface area contributed by atoms with Gasteiger partial charge in [0.1, 0.15) is 11.3 Å². The molecule has 1 saturated heterocycles. The Morgan fingerprint density at radius 1 is 1.45 bits per heavy atom. The molecular weight excluding hydrogens is 282 g/mol. The summed E-state index contributed by atoms with van der Waals surface area (Å²) in [4.78, 5) is 18.9. The van der Waals surface area contributed by atoms with E-state index in [9.17, 15) is 4.79 Å². The van der Waals surface area contributed by atoms with Crippen LogP contribution in [0.3, 0.4) is 0 Å². The molecule has 116 valence electrons. The second-order valence-corrected chi connectivity index (χ2v) is 5.58. The van der Waals surface area contributed by atoms with E-state index in [1.165, 1.54) is 6.20 Å². The first-order valence-corrected chi connectivity index (χ1v) is 7.31. The van der Waals surface area contributed by atoms with E-state index in [4.69, 9.17) is 9.26 Å². The predicted octanol–water partition coefficient (Wildman–Crippen LogP) is 1.88. The largest absolute Gasteiger partial charge is 0.384 e. The summed E-state index contributed by atoms with van der Waals surface area (Å²) in [5.74, 6) is 0.933. The van der Waals surface area contributed by atoms with E-state index < -0.39 is 0 Å². The van der Waals surface area contributed by atoms with Gasteiger partial charge < -0.3 is 14.2 Å². The van der Waals surface area contributed by atoms with Crippen LogP contribution in [0.2, 0.25) is 0 Å². The van der Waals surface area contributed by atoms with Gasteiger partial charge in [0.2, 0.25) is 0 Å². The summed E-state index contributed by atoms with van der Waals surface area (Å²) in [5.41, 5.74) is 1.53. The van der Waals surface area contributed by atoms with Gasteiger partial charge in [0.05, 0.1) is 12.8 Å². The number of likely N-dealkylation sites (tertiary alicyclic amines) is 1. The Morgan fingerprint density at radius 2 is 2.32 bits per heavy atom. The van der Waals surface area contributed by atoms with Crippen LogP contribution in [0.4, 0.5) is 0 Å². The zero-order valence-electron chi connectivity index (χ0n) is 12.7. The van der Waals surface area contributed by atoms with Crippen molar-refractivity contribution in [1.29, 1.82) is 0 Å². The maximum Gasteiger partial charge on any atom is 0.259 e. The number of amides is 1. The number of carbonyl (C=O) groups excluding carboxylic acids is 1. The molecule has 1 fully saturated rings. The van der Waals surface area contributed by atoms with Crippen LogP contribution in [0.5, 0.6) is 0 Å². The molecule has 2 aromatic heterocycles. The van der Waals surface area contributed by atoms with Crippen molar-refractivity contribution in [3.63, 3.8) is 0 Å². The number of aryl methyl sites for hydroxylation is 1. The Labute approximate surface area is 129 Å². The molecule has 0 saturated carbocycles. The minimum atomic E-state index is -0.0433. The third kappa shape index (κ3) is 2.74. The molecule has 0 bridgehead atoms. The lowest BCUT2D eigenvalue weighted by Gasteiger charge is -2.16. The molecule has 1 aliphatic rings. The van der Waals surface area contributed by atoms with Gasteiger partial charge in [-0.15, -0.1) is 0 Å². The maximum absolute atomic E-state index is 12.6. The summed E-state index contributed by atoms with van der Waals surface area (Å²) in [6.07, 6.45) is 3.27. The highest BCUT2D eigenvalue weighted by Crippen LogP contribution is 2.32. The van der Waals surface area contributed by atoms with Crippen LogP contribution in [-0.4, -0.2) is 47.8 Å². The van der Waals surface area contributed by atoms with Gasteiger partial charge in [-0.1, -0.05) is 11.2 Å². The van der Waals surface area contributed by atoms with Gasteiger partial charge in [0, 0.05) is 43.9 Å². The van der Waals surface area contributed by atoms with Crippen molar-refractivity contribution >= 4 is 5.91 Å². The summed E-state index contributed by atoms with van der Waals surface area (Å²) in [7, 11) is 1.68. The summed E-state index contributed by atoms with van der Waals surface area (Å²) >= 11 is 0. The molecule has 2 atom stereocenters. The number of hydrogen-bond acceptors (Lipinski definition) is 5. The van der Waals surface area contributed by atoms with Gasteiger partial charge in [0.15, 0.2) is 0 Å². The van der Waals surface area contributed by atoms with Crippen molar-refractivity contribution in [3.05, 3.63) is 47.6 Å². The highest BCUT2D eigenvalue weighted by Gasteiger charge is 2.37. The van der Waals surface area contributed by atoms with Gasteiger partial charge >= 0.3 is 0 Å². The second-order valence-electron chi connectivity index (χ2n) is 5.58. The number of carbonyl (C=O) groups is 1. The molecule has 3 rings (SSSR count). The van der Waals surface area contributed by atoms with Crippen LogP contribution in [0.25, 0.3) is 0 Å². The molecule has 1 aliphatic heterocycles. The Morgan fingerprint density at radius 3 is 2.95 bits per heavy atom. The van der Waals surface area contributed by atoms with E-state index in [0.717, 1.165) is 5.69 Å². The lowest BCUT2D eigenvalue weighted by molar-refractivity contribution is 0.0773. The fourth-order valence-electron chi connectivity index (χ4n) is 3.02. The number of aromatic nitrogens is 2. The summed E-state index contributed by atoms with van der Waals surface area (Å²) in [6.45, 7) is 3.64. The average Bonchev–Trinajstić information content (AvgIpc) is 3.14. The van der Waals surface area contributed by atoms with Crippen LogP contribution in [0.1, 0.15) is 27.7 Å². The van der Waals surface area contributed by atoms with Crippen molar-refractivity contribution in [2.24, 2.45) is 5.92 Å². The zero-order valence-corrected chi connectivity index (χ0v) is 12.7. The molecule has 0 N–H and O–H groups in total. The Kier molecular flexibility index (Phi) is 4.20. The lowest BCUT2D eigenvalue weighted by Crippen LogP contribution is -2.29. The lowest BCUT2D eigenvalue weighted by atomic mass is 9.93. The first-order chi connectivity index (χ1) is 10.7. The normalized spacial score (nSPS) is 21.3. The Bertz CT molecular complexity index is 641. The van der Waals surface area contributed by atoms with Crippen molar-refractivity contribution in [2.45, 2.75) is 12.8 Å². The minimum Gasteiger partial charge on any atom is -0.384 e. The van der Waals surface area contributed by atoms with Crippen LogP contribution in [-0.2, 0) is 4.74 Å². The van der Waals surface area contributed by atoms with Crippen molar-refractivity contribution < 1.29 is 14.1 Å². The highest BCUT2D eigenvalue weighted by atomic mass is 16.5. The minimum absolute atomic E-state index is 0.0433. The number of rotatable bonds is 4. The van der Waals surface area contributed by atoms with Gasteiger partial charge in [-0.25, -0.2) is 0 Å². The summed E-state index contributed by atoms with van der Waals surface area (Å²) < 4.78 is 10.3. The first-order valence-electron chi connectivity index (χ1n) is 7.31. The Balaban J connectivity index is 1.81. The molecule has 0 unspecified atom stereocenters. The quantitative estimate of drug-likeness (QED) is 0.862. The molecule has 0 aliphatic carbocycles. The van der Waals surface area contributed by atoms with Gasteiger partial charge in [-0.05, 0) is 19.1 Å². The second kappa shape index (κ2) is 6.27. The number of nitrogens with zero attached hydrogens (tertiary/aromatic N) is 3. The smallest absolute Gasteiger partial charge is 0.259 e. The van der Waals surface area contributed by atoms with Gasteiger partial charge in [0.25, 0.3) is 5.91 Å². The van der Waals surface area contributed by atoms with Crippen LogP contribution in [0, 0.1) is 12.8 Å². The van der Waals surface area contributed by atoms with Crippen LogP contribution in [0.15, 0.2) is 35.1 Å². The molecule has 1 amide bonds. The number of pyridine rings is 1. The standard InChI is InChI=1S/C16H19N3O3/c1-11-13(7-18-22-11)16(20)19-8-12(10-21-2)14(9-19)15-5-3-4-6-17-15/h3-7,12,14H,8-10H2,1-2H3/t12-,14+/m0/s1. The van der Waals surface area contributed by atoms with Gasteiger partial charge in [-0.3, -0.25) is 9.78 Å². The summed E-state index contributed by atoms with van der Waals surface area (Å²) in [6, 6.07) is 5.87. The van der Waals surface area contributed by atoms with Gasteiger partial charge in [-0.2, -0.15) is 0 Å². The van der Waals surface area contributed by atoms with E-state index in [1.54, 1.807) is 20.2 Å². The Hall–Kier alpha value is -2.21. The van der Waals surface area contributed by atoms with E-state index in [2.05, 4.69) is 10.1 Å². The molecule has 3 heterocycles. The average molecular weight is 301 g/mol. The fourth-order valence-corrected chi connectivity index (χ4v) is 3.02. The third-order valence-electron chi connectivity index (χ3n) is 4.16. The first kappa shape index (κ1) is 14.7. The van der Waals surface area contributed by atoms with Crippen molar-refractivity contribution in [2.75, 3.05) is 26.8 Å². The summed E-state index contributed by atoms with van der Waals surface area (Å²) in [5, 5.41) is 3.69. The van der Waals surface area contributed by atoms with Crippen LogP contribution < -0.4 is 0 Å². The zero-order chi connectivity index (χ0) is 15.5. The maximum atomic E-state index is 12.6. The molecule has 0 radical (unpaired) electrons. The monoisotopic (exact) mass is 301 g/mol. The van der Waals surface area contributed by atoms with E-state index >= 15 is 0 Å². The molecular formula is C16H19N3O3.